The Morgan fingerprint density at radius 2 is 2.38 bits per heavy atom. The van der Waals surface area contributed by atoms with Gasteiger partial charge in [0.05, 0.1) is 0 Å². The van der Waals surface area contributed by atoms with Crippen molar-refractivity contribution in [2.75, 3.05) is 33.2 Å². The highest BCUT2D eigenvalue weighted by Gasteiger charge is 2.21. The summed E-state index contributed by atoms with van der Waals surface area (Å²) >= 11 is 0. The van der Waals surface area contributed by atoms with Crippen LogP contribution in [0.3, 0.4) is 0 Å². The van der Waals surface area contributed by atoms with Crippen molar-refractivity contribution in [3.63, 3.8) is 0 Å². The van der Waals surface area contributed by atoms with Gasteiger partial charge in [0.2, 0.25) is 0 Å². The molecule has 0 aliphatic carbocycles. The van der Waals surface area contributed by atoms with Crippen LogP contribution in [-0.4, -0.2) is 56.2 Å². The molecule has 0 radical (unpaired) electrons. The van der Waals surface area contributed by atoms with Gasteiger partial charge in [-0.15, -0.1) is 0 Å². The molecule has 92 valence electrons. The Morgan fingerprint density at radius 1 is 1.50 bits per heavy atom. The van der Waals surface area contributed by atoms with Crippen molar-refractivity contribution in [3.05, 3.63) is 0 Å². The lowest BCUT2D eigenvalue weighted by Crippen LogP contribution is -2.46. The third-order valence-corrected chi connectivity index (χ3v) is 3.40. The molecule has 5 heteroatoms. The monoisotopic (exact) mass is 226 g/mol. The number of nitrogens with one attached hydrogen (secondary N) is 3. The van der Waals surface area contributed by atoms with Crippen molar-refractivity contribution in [2.45, 2.75) is 31.3 Å². The van der Waals surface area contributed by atoms with Crippen LogP contribution in [0.1, 0.15) is 19.3 Å². The first kappa shape index (κ1) is 11.7. The van der Waals surface area contributed by atoms with E-state index in [4.69, 9.17) is 0 Å². The molecule has 16 heavy (non-hydrogen) atoms. The molecule has 2 saturated heterocycles. The van der Waals surface area contributed by atoms with Crippen LogP contribution in [0, 0.1) is 0 Å². The first-order valence-electron chi connectivity index (χ1n) is 6.20. The number of likely N-dealkylation sites (N-methyl/N-ethyl adjacent to an activating group) is 1. The average Bonchev–Trinajstić information content (AvgIpc) is 2.87. The lowest BCUT2D eigenvalue weighted by Gasteiger charge is -2.15. The molecule has 0 aromatic rings. The zero-order chi connectivity index (χ0) is 11.4. The van der Waals surface area contributed by atoms with Crippen LogP contribution in [0.15, 0.2) is 0 Å². The van der Waals surface area contributed by atoms with Crippen LogP contribution in [0.5, 0.6) is 0 Å². The van der Waals surface area contributed by atoms with E-state index in [9.17, 15) is 4.79 Å². The van der Waals surface area contributed by atoms with Gasteiger partial charge in [0.25, 0.3) is 0 Å². The van der Waals surface area contributed by atoms with Crippen molar-refractivity contribution in [1.29, 1.82) is 0 Å². The van der Waals surface area contributed by atoms with Crippen molar-refractivity contribution in [1.82, 2.24) is 20.9 Å². The summed E-state index contributed by atoms with van der Waals surface area (Å²) in [4.78, 5) is 13.8. The van der Waals surface area contributed by atoms with Crippen LogP contribution in [-0.2, 0) is 0 Å². The van der Waals surface area contributed by atoms with Crippen LogP contribution in [0.4, 0.5) is 4.79 Å². The van der Waals surface area contributed by atoms with Crippen LogP contribution in [0.25, 0.3) is 0 Å². The van der Waals surface area contributed by atoms with E-state index < -0.39 is 0 Å². The minimum atomic E-state index is -0.0194. The summed E-state index contributed by atoms with van der Waals surface area (Å²) in [6.45, 7) is 3.88. The van der Waals surface area contributed by atoms with Gasteiger partial charge in [0.1, 0.15) is 0 Å². The number of nitrogens with zero attached hydrogens (tertiary/aromatic N) is 1. The van der Waals surface area contributed by atoms with E-state index in [1.807, 2.05) is 0 Å². The number of hydrogen-bond acceptors (Lipinski definition) is 3. The highest BCUT2D eigenvalue weighted by atomic mass is 16.2. The normalized spacial score (nSPS) is 30.6. The number of amides is 2. The number of hydrogen-bond donors (Lipinski definition) is 3. The fourth-order valence-corrected chi connectivity index (χ4v) is 2.44. The van der Waals surface area contributed by atoms with E-state index in [-0.39, 0.29) is 6.03 Å². The Bertz CT molecular complexity index is 240. The fourth-order valence-electron chi connectivity index (χ4n) is 2.44. The Hall–Kier alpha value is -0.810. The quantitative estimate of drug-likeness (QED) is 0.621. The van der Waals surface area contributed by atoms with E-state index in [1.165, 1.54) is 12.8 Å². The highest BCUT2D eigenvalue weighted by molar-refractivity contribution is 5.74. The smallest absolute Gasteiger partial charge is 0.315 e. The number of urea groups is 1. The molecule has 2 aliphatic rings. The van der Waals surface area contributed by atoms with Crippen molar-refractivity contribution in [3.8, 4) is 0 Å². The Kier molecular flexibility index (Phi) is 4.01. The molecular formula is C11H22N4O. The lowest BCUT2D eigenvalue weighted by molar-refractivity contribution is 0.236. The summed E-state index contributed by atoms with van der Waals surface area (Å²) < 4.78 is 0. The number of carbonyl (C=O) groups is 1. The van der Waals surface area contributed by atoms with E-state index in [1.54, 1.807) is 0 Å². The second-order valence-corrected chi connectivity index (χ2v) is 4.90. The molecule has 0 aromatic heterocycles. The van der Waals surface area contributed by atoms with Crippen molar-refractivity contribution in [2.24, 2.45) is 0 Å². The maximum Gasteiger partial charge on any atom is 0.315 e. The SMILES string of the molecule is CN1CCC(NC(=O)NCC2CCCN2)C1. The van der Waals surface area contributed by atoms with Gasteiger partial charge in [0.15, 0.2) is 0 Å². The van der Waals surface area contributed by atoms with Gasteiger partial charge >= 0.3 is 6.03 Å². The summed E-state index contributed by atoms with van der Waals surface area (Å²) in [5.74, 6) is 0. The summed E-state index contributed by atoms with van der Waals surface area (Å²) in [6.07, 6.45) is 3.46. The van der Waals surface area contributed by atoms with Gasteiger partial charge in [-0.3, -0.25) is 0 Å². The largest absolute Gasteiger partial charge is 0.337 e. The molecule has 2 fully saturated rings. The summed E-state index contributed by atoms with van der Waals surface area (Å²) in [5, 5.41) is 9.31. The van der Waals surface area contributed by atoms with E-state index in [2.05, 4.69) is 27.9 Å². The van der Waals surface area contributed by atoms with Crippen molar-refractivity contribution >= 4 is 6.03 Å². The van der Waals surface area contributed by atoms with Gasteiger partial charge in [-0.05, 0) is 39.4 Å². The molecule has 2 rings (SSSR count). The summed E-state index contributed by atoms with van der Waals surface area (Å²) in [6, 6.07) is 0.771. The number of likely N-dealkylation sites (tertiary alicyclic amines) is 1. The topological polar surface area (TPSA) is 56.4 Å². The van der Waals surface area contributed by atoms with Gasteiger partial charge in [-0.2, -0.15) is 0 Å². The third kappa shape index (κ3) is 3.35. The Balaban J connectivity index is 1.60. The second-order valence-electron chi connectivity index (χ2n) is 4.90. The Labute approximate surface area is 96.9 Å². The molecule has 2 unspecified atom stereocenters. The maximum absolute atomic E-state index is 11.6. The predicted octanol–water partition coefficient (Wildman–Crippen LogP) is -0.258. The maximum atomic E-state index is 11.6. The van der Waals surface area contributed by atoms with Gasteiger partial charge < -0.3 is 20.9 Å². The molecule has 2 atom stereocenters. The molecular weight excluding hydrogens is 204 g/mol. The third-order valence-electron chi connectivity index (χ3n) is 3.40. The van der Waals surface area contributed by atoms with E-state index in [0.717, 1.165) is 32.6 Å². The van der Waals surface area contributed by atoms with Gasteiger partial charge in [-0.25, -0.2) is 4.79 Å². The molecule has 3 N–H and O–H groups in total. The standard InChI is InChI=1S/C11H22N4O/c1-15-6-4-10(8-15)14-11(16)13-7-9-3-2-5-12-9/h9-10,12H,2-8H2,1H3,(H2,13,14,16). The van der Waals surface area contributed by atoms with Crippen LogP contribution in [0.2, 0.25) is 0 Å². The number of carbonyl (C=O) groups excluding carboxylic acids is 1. The second kappa shape index (κ2) is 5.50. The van der Waals surface area contributed by atoms with E-state index >= 15 is 0 Å². The highest BCUT2D eigenvalue weighted by Crippen LogP contribution is 2.06. The molecule has 0 saturated carbocycles. The predicted molar refractivity (Wildman–Crippen MR) is 63.5 cm³/mol. The minimum absolute atomic E-state index is 0.0194. The van der Waals surface area contributed by atoms with Gasteiger partial charge in [-0.1, -0.05) is 0 Å². The molecule has 2 aliphatic heterocycles. The number of rotatable bonds is 3. The average molecular weight is 226 g/mol. The van der Waals surface area contributed by atoms with Crippen LogP contribution < -0.4 is 16.0 Å². The first-order chi connectivity index (χ1) is 7.74. The van der Waals surface area contributed by atoms with Crippen LogP contribution >= 0.6 is 0 Å². The molecule has 2 amide bonds. The van der Waals surface area contributed by atoms with E-state index in [0.29, 0.717) is 12.1 Å². The summed E-state index contributed by atoms with van der Waals surface area (Å²) in [5.41, 5.74) is 0. The van der Waals surface area contributed by atoms with Crippen molar-refractivity contribution < 1.29 is 4.79 Å². The lowest BCUT2D eigenvalue weighted by atomic mass is 10.2. The zero-order valence-corrected chi connectivity index (χ0v) is 9.96. The fraction of sp³-hybridized carbons (Fsp3) is 0.909. The molecule has 0 spiro atoms. The van der Waals surface area contributed by atoms with Gasteiger partial charge in [0, 0.05) is 25.2 Å². The molecule has 0 aromatic carbocycles. The zero-order valence-electron chi connectivity index (χ0n) is 9.96. The molecule has 2 heterocycles. The molecule has 0 bridgehead atoms. The minimum Gasteiger partial charge on any atom is -0.337 e. The Morgan fingerprint density at radius 3 is 3.00 bits per heavy atom. The first-order valence-corrected chi connectivity index (χ1v) is 6.20. The summed E-state index contributed by atoms with van der Waals surface area (Å²) in [7, 11) is 2.09. The molecule has 5 nitrogen and oxygen atoms in total.